The second-order valence-corrected chi connectivity index (χ2v) is 4.64. The Kier molecular flexibility index (Phi) is 4.45. The summed E-state index contributed by atoms with van der Waals surface area (Å²) in [7, 11) is 0. The SMILES string of the molecule is CCCSc1ccc(C(F)(F)F)c(C(=N)N)c1. The molecule has 17 heavy (non-hydrogen) atoms. The van der Waals surface area contributed by atoms with E-state index in [1.165, 1.54) is 23.9 Å². The fourth-order valence-corrected chi connectivity index (χ4v) is 2.11. The second kappa shape index (κ2) is 5.44. The number of rotatable bonds is 4. The van der Waals surface area contributed by atoms with Gasteiger partial charge in [-0.15, -0.1) is 11.8 Å². The van der Waals surface area contributed by atoms with E-state index in [9.17, 15) is 13.2 Å². The molecule has 1 aromatic rings. The molecule has 0 aliphatic heterocycles. The van der Waals surface area contributed by atoms with Crippen LogP contribution < -0.4 is 5.73 Å². The van der Waals surface area contributed by atoms with E-state index >= 15 is 0 Å². The summed E-state index contributed by atoms with van der Waals surface area (Å²) >= 11 is 1.45. The van der Waals surface area contributed by atoms with Crippen LogP contribution in [0.1, 0.15) is 24.5 Å². The number of thioether (sulfide) groups is 1. The third-order valence-electron chi connectivity index (χ3n) is 2.06. The second-order valence-electron chi connectivity index (χ2n) is 3.47. The van der Waals surface area contributed by atoms with Gasteiger partial charge in [-0.25, -0.2) is 0 Å². The monoisotopic (exact) mass is 262 g/mol. The maximum absolute atomic E-state index is 12.6. The van der Waals surface area contributed by atoms with Gasteiger partial charge >= 0.3 is 6.18 Å². The van der Waals surface area contributed by atoms with Crippen molar-refractivity contribution in [2.24, 2.45) is 5.73 Å². The number of hydrogen-bond donors (Lipinski definition) is 2. The summed E-state index contributed by atoms with van der Waals surface area (Å²) < 4.78 is 37.9. The number of nitrogens with one attached hydrogen (secondary N) is 1. The zero-order valence-electron chi connectivity index (χ0n) is 9.27. The lowest BCUT2D eigenvalue weighted by atomic mass is 10.1. The van der Waals surface area contributed by atoms with Gasteiger partial charge in [-0.1, -0.05) is 6.92 Å². The summed E-state index contributed by atoms with van der Waals surface area (Å²) in [4.78, 5) is 0.699. The molecule has 0 saturated carbocycles. The molecule has 0 fully saturated rings. The van der Waals surface area contributed by atoms with Crippen LogP contribution in [0, 0.1) is 5.41 Å². The van der Waals surface area contributed by atoms with Gasteiger partial charge in [0.15, 0.2) is 0 Å². The molecule has 0 unspecified atom stereocenters. The summed E-state index contributed by atoms with van der Waals surface area (Å²) in [5.74, 6) is 0.263. The Hall–Kier alpha value is -1.17. The molecule has 0 radical (unpaired) electrons. The number of benzene rings is 1. The molecule has 2 nitrogen and oxygen atoms in total. The number of halogens is 3. The zero-order valence-corrected chi connectivity index (χ0v) is 10.1. The lowest BCUT2D eigenvalue weighted by Gasteiger charge is -2.13. The van der Waals surface area contributed by atoms with Crippen molar-refractivity contribution in [2.45, 2.75) is 24.4 Å². The molecular weight excluding hydrogens is 249 g/mol. The Morgan fingerprint density at radius 3 is 2.53 bits per heavy atom. The van der Waals surface area contributed by atoms with Crippen molar-refractivity contribution in [1.82, 2.24) is 0 Å². The van der Waals surface area contributed by atoms with Gasteiger partial charge in [-0.05, 0) is 30.4 Å². The predicted molar refractivity (Wildman–Crippen MR) is 63.5 cm³/mol. The van der Waals surface area contributed by atoms with E-state index in [0.29, 0.717) is 4.90 Å². The van der Waals surface area contributed by atoms with Crippen molar-refractivity contribution >= 4 is 17.6 Å². The van der Waals surface area contributed by atoms with Crippen LogP contribution >= 0.6 is 11.8 Å². The van der Waals surface area contributed by atoms with Crippen molar-refractivity contribution in [3.63, 3.8) is 0 Å². The first-order valence-electron chi connectivity index (χ1n) is 5.04. The first-order valence-corrected chi connectivity index (χ1v) is 6.03. The highest BCUT2D eigenvalue weighted by molar-refractivity contribution is 7.99. The third kappa shape index (κ3) is 3.66. The van der Waals surface area contributed by atoms with Gasteiger partial charge in [0.25, 0.3) is 0 Å². The van der Waals surface area contributed by atoms with Crippen LogP contribution in [0.25, 0.3) is 0 Å². The molecule has 0 saturated heterocycles. The molecule has 94 valence electrons. The summed E-state index contributed by atoms with van der Waals surface area (Å²) in [6, 6.07) is 3.72. The molecule has 1 rings (SSSR count). The summed E-state index contributed by atoms with van der Waals surface area (Å²) in [6.07, 6.45) is -3.55. The zero-order chi connectivity index (χ0) is 13.1. The van der Waals surface area contributed by atoms with E-state index in [4.69, 9.17) is 11.1 Å². The van der Waals surface area contributed by atoms with Gasteiger partial charge in [0.1, 0.15) is 5.84 Å². The standard InChI is InChI=1S/C11H13F3N2S/c1-2-5-17-7-3-4-9(11(12,13)14)8(6-7)10(15)16/h3-4,6H,2,5H2,1H3,(H3,15,16). The van der Waals surface area contributed by atoms with Gasteiger partial charge in [0.05, 0.1) is 5.56 Å². The van der Waals surface area contributed by atoms with Crippen molar-refractivity contribution in [3.05, 3.63) is 29.3 Å². The molecule has 0 atom stereocenters. The molecule has 0 aliphatic rings. The topological polar surface area (TPSA) is 49.9 Å². The number of amidine groups is 1. The lowest BCUT2D eigenvalue weighted by molar-refractivity contribution is -0.137. The number of hydrogen-bond acceptors (Lipinski definition) is 2. The Balaban J connectivity index is 3.13. The quantitative estimate of drug-likeness (QED) is 0.495. The Morgan fingerprint density at radius 1 is 1.41 bits per heavy atom. The van der Waals surface area contributed by atoms with E-state index in [2.05, 4.69) is 0 Å². The van der Waals surface area contributed by atoms with E-state index < -0.39 is 17.6 Å². The fourth-order valence-electron chi connectivity index (χ4n) is 1.30. The highest BCUT2D eigenvalue weighted by atomic mass is 32.2. The van der Waals surface area contributed by atoms with Crippen molar-refractivity contribution in [3.8, 4) is 0 Å². The van der Waals surface area contributed by atoms with Crippen LogP contribution in [0.4, 0.5) is 13.2 Å². The Bertz CT molecular complexity index is 416. The highest BCUT2D eigenvalue weighted by Gasteiger charge is 2.34. The molecule has 0 aromatic heterocycles. The number of nitrogen functional groups attached to an aromatic ring is 1. The minimum absolute atomic E-state index is 0.251. The Morgan fingerprint density at radius 2 is 2.06 bits per heavy atom. The van der Waals surface area contributed by atoms with Gasteiger partial charge in [0, 0.05) is 10.5 Å². The molecule has 0 spiro atoms. The van der Waals surface area contributed by atoms with Crippen molar-refractivity contribution < 1.29 is 13.2 Å². The van der Waals surface area contributed by atoms with Crippen LogP contribution in [-0.2, 0) is 6.18 Å². The molecule has 0 heterocycles. The fraction of sp³-hybridized carbons (Fsp3) is 0.364. The van der Waals surface area contributed by atoms with Crippen molar-refractivity contribution in [1.29, 1.82) is 5.41 Å². The van der Waals surface area contributed by atoms with Gasteiger partial charge in [-0.3, -0.25) is 5.41 Å². The van der Waals surface area contributed by atoms with Crippen LogP contribution in [0.2, 0.25) is 0 Å². The molecule has 0 bridgehead atoms. The summed E-state index contributed by atoms with van der Waals surface area (Å²) in [5, 5.41) is 7.20. The van der Waals surface area contributed by atoms with E-state index in [1.54, 1.807) is 0 Å². The highest BCUT2D eigenvalue weighted by Crippen LogP contribution is 2.34. The molecule has 1 aromatic carbocycles. The minimum Gasteiger partial charge on any atom is -0.384 e. The van der Waals surface area contributed by atoms with Crippen molar-refractivity contribution in [2.75, 3.05) is 5.75 Å². The van der Waals surface area contributed by atoms with E-state index in [-0.39, 0.29) is 5.56 Å². The molecule has 6 heteroatoms. The maximum Gasteiger partial charge on any atom is 0.417 e. The summed E-state index contributed by atoms with van der Waals surface area (Å²) in [6.45, 7) is 1.99. The van der Waals surface area contributed by atoms with Gasteiger partial charge in [-0.2, -0.15) is 13.2 Å². The molecule has 0 aliphatic carbocycles. The summed E-state index contributed by atoms with van der Waals surface area (Å²) in [5.41, 5.74) is 4.08. The number of alkyl halides is 3. The first kappa shape index (κ1) is 13.9. The average molecular weight is 262 g/mol. The molecule has 3 N–H and O–H groups in total. The lowest BCUT2D eigenvalue weighted by Crippen LogP contribution is -2.18. The van der Waals surface area contributed by atoms with Gasteiger partial charge in [0.2, 0.25) is 0 Å². The smallest absolute Gasteiger partial charge is 0.384 e. The third-order valence-corrected chi connectivity index (χ3v) is 3.26. The average Bonchev–Trinajstić information content (AvgIpc) is 2.24. The Labute approximate surface area is 102 Å². The van der Waals surface area contributed by atoms with E-state index in [0.717, 1.165) is 18.2 Å². The predicted octanol–water partition coefficient (Wildman–Crippen LogP) is 3.49. The van der Waals surface area contributed by atoms with Crippen LogP contribution in [0.15, 0.2) is 23.1 Å². The minimum atomic E-state index is -4.48. The first-order chi connectivity index (χ1) is 7.86. The molecule has 0 amide bonds. The molecular formula is C11H13F3N2S. The number of nitrogens with two attached hydrogens (primary N) is 1. The maximum atomic E-state index is 12.6. The largest absolute Gasteiger partial charge is 0.417 e. The van der Waals surface area contributed by atoms with E-state index in [1.807, 2.05) is 6.92 Å². The van der Waals surface area contributed by atoms with Gasteiger partial charge < -0.3 is 5.73 Å². The van der Waals surface area contributed by atoms with Crippen LogP contribution in [0.5, 0.6) is 0 Å². The van der Waals surface area contributed by atoms with Crippen LogP contribution in [-0.4, -0.2) is 11.6 Å². The van der Waals surface area contributed by atoms with Crippen LogP contribution in [0.3, 0.4) is 0 Å². The normalized spacial score (nSPS) is 11.5.